The van der Waals surface area contributed by atoms with Crippen molar-refractivity contribution in [2.75, 3.05) is 0 Å². The molecule has 0 aliphatic rings. The average molecular weight is 298 g/mol. The minimum absolute atomic E-state index is 0.488. The monoisotopic (exact) mass is 298 g/mol. The Kier molecular flexibility index (Phi) is 5.31. The van der Waals surface area contributed by atoms with E-state index in [4.69, 9.17) is 4.74 Å². The molecule has 4 heteroatoms. The first-order valence-corrected chi connectivity index (χ1v) is 7.05. The minimum Gasteiger partial charge on any atom is -0.489 e. The molecule has 0 radical (unpaired) electrons. The normalized spacial score (nSPS) is 11.5. The van der Waals surface area contributed by atoms with E-state index in [9.17, 15) is 9.59 Å². The van der Waals surface area contributed by atoms with Crippen molar-refractivity contribution in [3.05, 3.63) is 65.7 Å². The molecule has 0 aromatic heterocycles. The van der Waals surface area contributed by atoms with Crippen LogP contribution in [0.15, 0.2) is 54.6 Å². The molecule has 0 saturated carbocycles. The van der Waals surface area contributed by atoms with Gasteiger partial charge in [0.2, 0.25) is 0 Å². The summed E-state index contributed by atoms with van der Waals surface area (Å²) < 4.78 is 10.3. The maximum absolute atomic E-state index is 11.7. The highest BCUT2D eigenvalue weighted by Crippen LogP contribution is 2.21. The van der Waals surface area contributed by atoms with Gasteiger partial charge in [-0.1, -0.05) is 42.5 Å². The summed E-state index contributed by atoms with van der Waals surface area (Å²) in [6.45, 7) is 3.40. The zero-order valence-electron chi connectivity index (χ0n) is 12.6. The zero-order chi connectivity index (χ0) is 15.9. The number of hydrogen-bond donors (Lipinski definition) is 0. The summed E-state index contributed by atoms with van der Waals surface area (Å²) in [4.78, 5) is 22.5. The average Bonchev–Trinajstić information content (AvgIpc) is 2.53. The standard InChI is InChI=1S/C18H18O4/c1-13(18(20)22-14(2)19)16-8-10-17(11-9-16)21-12-15-6-4-3-5-7-15/h3-11,13H,12H2,1-2H3. The summed E-state index contributed by atoms with van der Waals surface area (Å²) in [5, 5.41) is 0. The lowest BCUT2D eigenvalue weighted by atomic mass is 10.0. The predicted octanol–water partition coefficient (Wildman–Crippen LogP) is 3.46. The van der Waals surface area contributed by atoms with E-state index in [1.165, 1.54) is 6.92 Å². The molecule has 0 bridgehead atoms. The first-order valence-electron chi connectivity index (χ1n) is 7.05. The molecular weight excluding hydrogens is 280 g/mol. The van der Waals surface area contributed by atoms with E-state index in [0.717, 1.165) is 16.9 Å². The lowest BCUT2D eigenvalue weighted by Crippen LogP contribution is -2.15. The second-order valence-electron chi connectivity index (χ2n) is 4.98. The van der Waals surface area contributed by atoms with E-state index in [0.29, 0.717) is 6.61 Å². The van der Waals surface area contributed by atoms with E-state index < -0.39 is 17.9 Å². The lowest BCUT2D eigenvalue weighted by Gasteiger charge is -2.11. The summed E-state index contributed by atoms with van der Waals surface area (Å²) in [6.07, 6.45) is 0. The van der Waals surface area contributed by atoms with Gasteiger partial charge in [-0.25, -0.2) is 0 Å². The van der Waals surface area contributed by atoms with Gasteiger partial charge in [0, 0.05) is 6.92 Å². The number of rotatable bonds is 5. The van der Waals surface area contributed by atoms with Crippen LogP contribution in [-0.4, -0.2) is 11.9 Å². The van der Waals surface area contributed by atoms with Crippen molar-refractivity contribution < 1.29 is 19.1 Å². The van der Waals surface area contributed by atoms with E-state index in [-0.39, 0.29) is 0 Å². The highest BCUT2D eigenvalue weighted by atomic mass is 16.6. The molecular formula is C18H18O4. The molecule has 4 nitrogen and oxygen atoms in total. The molecule has 0 N–H and O–H groups in total. The Hall–Kier alpha value is -2.62. The van der Waals surface area contributed by atoms with Gasteiger partial charge in [-0.05, 0) is 30.2 Å². The molecule has 0 aliphatic carbocycles. The van der Waals surface area contributed by atoms with E-state index in [1.807, 2.05) is 30.3 Å². The Balaban J connectivity index is 1.95. The van der Waals surface area contributed by atoms with Gasteiger partial charge in [0.05, 0.1) is 5.92 Å². The molecule has 1 unspecified atom stereocenters. The fourth-order valence-electron chi connectivity index (χ4n) is 1.96. The molecule has 114 valence electrons. The third-order valence-corrected chi connectivity index (χ3v) is 3.23. The Morgan fingerprint density at radius 1 is 1.00 bits per heavy atom. The third kappa shape index (κ3) is 4.45. The Bertz CT molecular complexity index is 632. The van der Waals surface area contributed by atoms with Crippen LogP contribution >= 0.6 is 0 Å². The number of hydrogen-bond acceptors (Lipinski definition) is 4. The van der Waals surface area contributed by atoms with Crippen molar-refractivity contribution in [3.8, 4) is 5.75 Å². The van der Waals surface area contributed by atoms with Gasteiger partial charge in [0.15, 0.2) is 0 Å². The van der Waals surface area contributed by atoms with Gasteiger partial charge in [0.25, 0.3) is 0 Å². The van der Waals surface area contributed by atoms with E-state index in [2.05, 4.69) is 4.74 Å². The van der Waals surface area contributed by atoms with E-state index >= 15 is 0 Å². The molecule has 2 aromatic rings. The second kappa shape index (κ2) is 7.41. The molecule has 0 spiro atoms. The van der Waals surface area contributed by atoms with Crippen molar-refractivity contribution >= 4 is 11.9 Å². The third-order valence-electron chi connectivity index (χ3n) is 3.23. The van der Waals surface area contributed by atoms with Crippen LogP contribution in [0.4, 0.5) is 0 Å². The SMILES string of the molecule is CC(=O)OC(=O)C(C)c1ccc(OCc2ccccc2)cc1. The number of benzene rings is 2. The largest absolute Gasteiger partial charge is 0.489 e. The summed E-state index contributed by atoms with van der Waals surface area (Å²) in [5.41, 5.74) is 1.86. The van der Waals surface area contributed by atoms with Crippen LogP contribution < -0.4 is 4.74 Å². The summed E-state index contributed by atoms with van der Waals surface area (Å²) in [6, 6.07) is 17.1. The first kappa shape index (κ1) is 15.8. The highest BCUT2D eigenvalue weighted by Gasteiger charge is 2.18. The van der Waals surface area contributed by atoms with Crippen LogP contribution in [0.25, 0.3) is 0 Å². The van der Waals surface area contributed by atoms with Gasteiger partial charge in [-0.15, -0.1) is 0 Å². The Morgan fingerprint density at radius 3 is 2.23 bits per heavy atom. The van der Waals surface area contributed by atoms with Crippen LogP contribution in [0, 0.1) is 0 Å². The quantitative estimate of drug-likeness (QED) is 0.626. The van der Waals surface area contributed by atoms with E-state index in [1.54, 1.807) is 31.2 Å². The number of carbonyl (C=O) groups is 2. The highest BCUT2D eigenvalue weighted by molar-refractivity contribution is 5.88. The molecule has 22 heavy (non-hydrogen) atoms. The van der Waals surface area contributed by atoms with Gasteiger partial charge in [-0.3, -0.25) is 9.59 Å². The Morgan fingerprint density at radius 2 is 1.64 bits per heavy atom. The molecule has 0 saturated heterocycles. The zero-order valence-corrected chi connectivity index (χ0v) is 12.6. The minimum atomic E-state index is -0.598. The van der Waals surface area contributed by atoms with Crippen LogP contribution in [0.3, 0.4) is 0 Å². The van der Waals surface area contributed by atoms with Crippen LogP contribution in [0.2, 0.25) is 0 Å². The maximum Gasteiger partial charge on any atom is 0.320 e. The fourth-order valence-corrected chi connectivity index (χ4v) is 1.96. The van der Waals surface area contributed by atoms with Crippen molar-refractivity contribution in [1.82, 2.24) is 0 Å². The summed E-state index contributed by atoms with van der Waals surface area (Å²) in [5.74, 6) is -0.920. The van der Waals surface area contributed by atoms with Gasteiger partial charge >= 0.3 is 11.9 Å². The molecule has 0 aliphatic heterocycles. The van der Waals surface area contributed by atoms with Gasteiger partial charge in [0.1, 0.15) is 12.4 Å². The van der Waals surface area contributed by atoms with Crippen LogP contribution in [0.1, 0.15) is 30.9 Å². The Labute approximate surface area is 129 Å². The second-order valence-corrected chi connectivity index (χ2v) is 4.98. The van der Waals surface area contributed by atoms with Crippen LogP contribution in [-0.2, 0) is 20.9 Å². The van der Waals surface area contributed by atoms with Crippen molar-refractivity contribution in [1.29, 1.82) is 0 Å². The summed E-state index contributed by atoms with van der Waals surface area (Å²) in [7, 11) is 0. The van der Waals surface area contributed by atoms with Crippen molar-refractivity contribution in [2.24, 2.45) is 0 Å². The maximum atomic E-state index is 11.7. The lowest BCUT2D eigenvalue weighted by molar-refractivity contribution is -0.158. The molecule has 2 rings (SSSR count). The number of carbonyl (C=O) groups excluding carboxylic acids is 2. The molecule has 0 amide bonds. The fraction of sp³-hybridized carbons (Fsp3) is 0.222. The van der Waals surface area contributed by atoms with Crippen molar-refractivity contribution in [2.45, 2.75) is 26.4 Å². The smallest absolute Gasteiger partial charge is 0.320 e. The molecule has 2 aromatic carbocycles. The van der Waals surface area contributed by atoms with Crippen LogP contribution in [0.5, 0.6) is 5.75 Å². The summed E-state index contributed by atoms with van der Waals surface area (Å²) >= 11 is 0. The topological polar surface area (TPSA) is 52.6 Å². The number of esters is 2. The molecule has 1 atom stereocenters. The van der Waals surface area contributed by atoms with Gasteiger partial charge in [-0.2, -0.15) is 0 Å². The number of ether oxygens (including phenoxy) is 2. The molecule has 0 fully saturated rings. The van der Waals surface area contributed by atoms with Gasteiger partial charge < -0.3 is 9.47 Å². The molecule has 0 heterocycles. The van der Waals surface area contributed by atoms with Crippen molar-refractivity contribution in [3.63, 3.8) is 0 Å². The predicted molar refractivity (Wildman–Crippen MR) is 82.4 cm³/mol. The first-order chi connectivity index (χ1) is 10.6.